The molecule has 134 valence electrons. The molecule has 4 nitrogen and oxygen atoms in total. The van der Waals surface area contributed by atoms with Gasteiger partial charge in [-0.25, -0.2) is 4.39 Å². The third-order valence-corrected chi connectivity index (χ3v) is 4.76. The van der Waals surface area contributed by atoms with Crippen molar-refractivity contribution in [1.82, 2.24) is 4.90 Å². The minimum atomic E-state index is -0.306. The number of hydrogen-bond acceptors (Lipinski definition) is 3. The molecule has 0 N–H and O–H groups in total. The summed E-state index contributed by atoms with van der Waals surface area (Å²) >= 11 is 0. The highest BCUT2D eigenvalue weighted by Crippen LogP contribution is 2.23. The molecule has 0 radical (unpaired) electrons. The van der Waals surface area contributed by atoms with Gasteiger partial charge in [-0.3, -0.25) is 4.79 Å². The molecule has 1 heterocycles. The zero-order chi connectivity index (χ0) is 17.6. The number of carbonyl (C=O) groups excluding carboxylic acids is 1. The van der Waals surface area contributed by atoms with Crippen molar-refractivity contribution in [2.45, 2.75) is 51.2 Å². The van der Waals surface area contributed by atoms with Crippen LogP contribution in [-0.4, -0.2) is 23.9 Å². The van der Waals surface area contributed by atoms with Crippen LogP contribution >= 0.6 is 0 Å². The summed E-state index contributed by atoms with van der Waals surface area (Å²) in [7, 11) is 1.86. The maximum Gasteiger partial charge on any atom is 0.289 e. The van der Waals surface area contributed by atoms with E-state index >= 15 is 0 Å². The number of nitrogens with zero attached hydrogens (tertiary/aromatic N) is 1. The van der Waals surface area contributed by atoms with Crippen molar-refractivity contribution in [1.29, 1.82) is 0 Å². The molecule has 0 saturated heterocycles. The zero-order valence-electron chi connectivity index (χ0n) is 14.5. The first-order chi connectivity index (χ1) is 12.1. The largest absolute Gasteiger partial charge is 0.486 e. The van der Waals surface area contributed by atoms with Gasteiger partial charge in [-0.1, -0.05) is 25.7 Å². The van der Waals surface area contributed by atoms with Gasteiger partial charge in [0.05, 0.1) is 0 Å². The van der Waals surface area contributed by atoms with Gasteiger partial charge < -0.3 is 14.1 Å². The molecule has 3 rings (SSSR count). The highest BCUT2D eigenvalue weighted by atomic mass is 19.1. The Bertz CT molecular complexity index is 687. The van der Waals surface area contributed by atoms with E-state index in [0.29, 0.717) is 23.3 Å². The average molecular weight is 345 g/mol. The highest BCUT2D eigenvalue weighted by molar-refractivity contribution is 5.91. The summed E-state index contributed by atoms with van der Waals surface area (Å²) in [5.41, 5.74) is 0. The van der Waals surface area contributed by atoms with Crippen LogP contribution in [0.3, 0.4) is 0 Å². The van der Waals surface area contributed by atoms with E-state index in [1.165, 1.54) is 37.8 Å². The van der Waals surface area contributed by atoms with E-state index in [9.17, 15) is 9.18 Å². The third-order valence-electron chi connectivity index (χ3n) is 4.76. The Labute approximate surface area is 147 Å². The maximum atomic E-state index is 12.9. The summed E-state index contributed by atoms with van der Waals surface area (Å²) in [5, 5.41) is 0. The molecule has 1 aromatic heterocycles. The van der Waals surface area contributed by atoms with Crippen LogP contribution in [0.5, 0.6) is 5.75 Å². The van der Waals surface area contributed by atoms with Crippen LogP contribution < -0.4 is 4.74 Å². The van der Waals surface area contributed by atoms with E-state index in [-0.39, 0.29) is 18.3 Å². The molecule has 0 spiro atoms. The van der Waals surface area contributed by atoms with Crippen LogP contribution in [0.4, 0.5) is 4.39 Å². The van der Waals surface area contributed by atoms with Crippen molar-refractivity contribution in [3.05, 3.63) is 53.7 Å². The molecule has 1 aromatic carbocycles. The number of benzene rings is 1. The van der Waals surface area contributed by atoms with Gasteiger partial charge in [-0.05, 0) is 49.2 Å². The Hall–Kier alpha value is -2.30. The van der Waals surface area contributed by atoms with Crippen molar-refractivity contribution in [2.75, 3.05) is 7.05 Å². The Balaban J connectivity index is 1.58. The molecule has 25 heavy (non-hydrogen) atoms. The van der Waals surface area contributed by atoms with E-state index in [2.05, 4.69) is 0 Å². The van der Waals surface area contributed by atoms with Gasteiger partial charge in [0.25, 0.3) is 5.91 Å². The van der Waals surface area contributed by atoms with Gasteiger partial charge in [-0.15, -0.1) is 0 Å². The fourth-order valence-corrected chi connectivity index (χ4v) is 3.24. The lowest BCUT2D eigenvalue weighted by molar-refractivity contribution is 0.0681. The van der Waals surface area contributed by atoms with Gasteiger partial charge in [0.15, 0.2) is 5.76 Å². The summed E-state index contributed by atoms with van der Waals surface area (Å²) in [5.74, 6) is 1.08. The van der Waals surface area contributed by atoms with Crippen LogP contribution in [0.2, 0.25) is 0 Å². The first-order valence-corrected chi connectivity index (χ1v) is 8.88. The Morgan fingerprint density at radius 2 is 1.80 bits per heavy atom. The Kier molecular flexibility index (Phi) is 5.74. The lowest BCUT2D eigenvalue weighted by atomic mass is 10.1. The zero-order valence-corrected chi connectivity index (χ0v) is 14.5. The minimum absolute atomic E-state index is 0.0834. The van der Waals surface area contributed by atoms with E-state index in [1.54, 1.807) is 24.3 Å². The smallest absolute Gasteiger partial charge is 0.289 e. The Morgan fingerprint density at radius 1 is 1.12 bits per heavy atom. The molecule has 2 aromatic rings. The molecule has 1 amide bonds. The molecule has 0 unspecified atom stereocenters. The van der Waals surface area contributed by atoms with Crippen LogP contribution in [0, 0.1) is 5.82 Å². The maximum absolute atomic E-state index is 12.9. The summed E-state index contributed by atoms with van der Waals surface area (Å²) in [4.78, 5) is 14.4. The average Bonchev–Trinajstić information content (AvgIpc) is 2.93. The second-order valence-corrected chi connectivity index (χ2v) is 6.57. The predicted octanol–water partition coefficient (Wildman–Crippen LogP) is 4.79. The summed E-state index contributed by atoms with van der Waals surface area (Å²) < 4.78 is 24.1. The number of halogens is 1. The summed E-state index contributed by atoms with van der Waals surface area (Å²) in [6, 6.07) is 9.53. The highest BCUT2D eigenvalue weighted by Gasteiger charge is 2.24. The van der Waals surface area contributed by atoms with Gasteiger partial charge >= 0.3 is 0 Å². The second-order valence-electron chi connectivity index (χ2n) is 6.57. The lowest BCUT2D eigenvalue weighted by Gasteiger charge is -2.26. The molecule has 0 atom stereocenters. The molecule has 1 saturated carbocycles. The fourth-order valence-electron chi connectivity index (χ4n) is 3.24. The van der Waals surface area contributed by atoms with Crippen molar-refractivity contribution < 1.29 is 18.3 Å². The molecule has 1 aliphatic carbocycles. The van der Waals surface area contributed by atoms with Gasteiger partial charge in [-0.2, -0.15) is 0 Å². The van der Waals surface area contributed by atoms with Crippen molar-refractivity contribution in [3.63, 3.8) is 0 Å². The first kappa shape index (κ1) is 17.5. The van der Waals surface area contributed by atoms with Gasteiger partial charge in [0, 0.05) is 13.1 Å². The van der Waals surface area contributed by atoms with Crippen LogP contribution in [-0.2, 0) is 6.61 Å². The van der Waals surface area contributed by atoms with Crippen molar-refractivity contribution in [3.8, 4) is 5.75 Å². The number of ether oxygens (including phenoxy) is 1. The molecular formula is C20H24FNO3. The molecule has 1 aliphatic rings. The number of hydrogen-bond donors (Lipinski definition) is 0. The SMILES string of the molecule is CN(C(=O)c1ccc(COc2ccc(F)cc2)o1)C1CCCCCC1. The molecule has 0 bridgehead atoms. The van der Waals surface area contributed by atoms with Crippen molar-refractivity contribution in [2.24, 2.45) is 0 Å². The number of rotatable bonds is 5. The summed E-state index contributed by atoms with van der Waals surface area (Å²) in [6.07, 6.45) is 6.98. The van der Waals surface area contributed by atoms with Gasteiger partial charge in [0.1, 0.15) is 23.9 Å². The van der Waals surface area contributed by atoms with Crippen LogP contribution in [0.1, 0.15) is 54.8 Å². The molecular weight excluding hydrogens is 321 g/mol. The quantitative estimate of drug-likeness (QED) is 0.732. The summed E-state index contributed by atoms with van der Waals surface area (Å²) in [6.45, 7) is 0.200. The third kappa shape index (κ3) is 4.62. The molecule has 5 heteroatoms. The van der Waals surface area contributed by atoms with Gasteiger partial charge in [0.2, 0.25) is 0 Å². The molecule has 0 aliphatic heterocycles. The van der Waals surface area contributed by atoms with Crippen LogP contribution in [0.25, 0.3) is 0 Å². The van der Waals surface area contributed by atoms with E-state index in [1.807, 2.05) is 11.9 Å². The molecule has 1 fully saturated rings. The van der Waals surface area contributed by atoms with E-state index in [4.69, 9.17) is 9.15 Å². The minimum Gasteiger partial charge on any atom is -0.486 e. The standard InChI is InChI=1S/C20H24FNO3/c1-22(16-6-4-2-3-5-7-16)20(23)19-13-12-18(25-19)14-24-17-10-8-15(21)9-11-17/h8-13,16H,2-7,14H2,1H3. The lowest BCUT2D eigenvalue weighted by Crippen LogP contribution is -2.36. The number of furan rings is 1. The van der Waals surface area contributed by atoms with Crippen molar-refractivity contribution >= 4 is 5.91 Å². The monoisotopic (exact) mass is 345 g/mol. The first-order valence-electron chi connectivity index (χ1n) is 8.88. The van der Waals surface area contributed by atoms with E-state index in [0.717, 1.165) is 12.8 Å². The topological polar surface area (TPSA) is 42.7 Å². The second kappa shape index (κ2) is 8.19. The van der Waals surface area contributed by atoms with E-state index < -0.39 is 0 Å². The predicted molar refractivity (Wildman–Crippen MR) is 93.0 cm³/mol. The fraction of sp³-hybridized carbons (Fsp3) is 0.450. The number of amides is 1. The number of carbonyl (C=O) groups is 1. The Morgan fingerprint density at radius 3 is 2.48 bits per heavy atom. The normalized spacial score (nSPS) is 15.6. The van der Waals surface area contributed by atoms with Crippen LogP contribution in [0.15, 0.2) is 40.8 Å².